The minimum absolute atomic E-state index is 0.324. The van der Waals surface area contributed by atoms with E-state index >= 15 is 0 Å². The van der Waals surface area contributed by atoms with Gasteiger partial charge < -0.3 is 19.2 Å². The number of amides is 1. The molecule has 0 saturated heterocycles. The third-order valence-corrected chi connectivity index (χ3v) is 4.73. The number of carbonyl (C=O) groups is 2. The smallest absolute Gasteiger partial charge is 0.408 e. The molecule has 0 radical (unpaired) electrons. The van der Waals surface area contributed by atoms with Gasteiger partial charge in [0.2, 0.25) is 0 Å². The first-order valence-electron chi connectivity index (χ1n) is 9.85. The molecule has 3 rings (SSSR count). The highest BCUT2D eigenvalue weighted by molar-refractivity contribution is 5.92. The van der Waals surface area contributed by atoms with Gasteiger partial charge in [-0.25, -0.2) is 14.4 Å². The number of alkyl carbamates (subject to hydrolysis) is 1. The fourth-order valence-electron chi connectivity index (χ4n) is 3.49. The van der Waals surface area contributed by atoms with Gasteiger partial charge in [0.15, 0.2) is 0 Å². The molecule has 1 N–H and O–H groups in total. The molecular formula is C22H27NO6. The molecule has 0 fully saturated rings. The standard InChI is InChI=1S/C22H27NO6/c1-12-10-16(27-19(24)13(2)23-21(26)29-22(3,4)5)18-14-8-6-7-9-15(14)20(25)28-17(18)11-12/h10-11,13H,6-9H2,1-5H3,(H,23,26). The number of esters is 1. The molecule has 2 aromatic rings. The van der Waals surface area contributed by atoms with Crippen LogP contribution >= 0.6 is 0 Å². The summed E-state index contributed by atoms with van der Waals surface area (Å²) >= 11 is 0. The zero-order chi connectivity index (χ0) is 21.3. The van der Waals surface area contributed by atoms with Crippen LogP contribution in [0.1, 0.15) is 57.2 Å². The molecule has 156 valence electrons. The lowest BCUT2D eigenvalue weighted by Crippen LogP contribution is -2.43. The van der Waals surface area contributed by atoms with Gasteiger partial charge in [0.25, 0.3) is 0 Å². The number of carbonyl (C=O) groups excluding carboxylic acids is 2. The molecule has 0 bridgehead atoms. The van der Waals surface area contributed by atoms with Gasteiger partial charge in [0, 0.05) is 5.56 Å². The molecule has 7 nitrogen and oxygen atoms in total. The Labute approximate surface area is 169 Å². The summed E-state index contributed by atoms with van der Waals surface area (Å²) < 4.78 is 16.3. The number of fused-ring (bicyclic) bond motifs is 3. The van der Waals surface area contributed by atoms with Gasteiger partial charge in [-0.15, -0.1) is 0 Å². The van der Waals surface area contributed by atoms with Crippen LogP contribution in [0, 0.1) is 6.92 Å². The van der Waals surface area contributed by atoms with Crippen molar-refractivity contribution < 1.29 is 23.5 Å². The maximum absolute atomic E-state index is 12.6. The Morgan fingerprint density at radius 1 is 1.14 bits per heavy atom. The summed E-state index contributed by atoms with van der Waals surface area (Å²) in [6.45, 7) is 8.58. The lowest BCUT2D eigenvalue weighted by atomic mass is 9.90. The van der Waals surface area contributed by atoms with Crippen molar-refractivity contribution in [3.05, 3.63) is 39.2 Å². The molecule has 7 heteroatoms. The summed E-state index contributed by atoms with van der Waals surface area (Å²) in [6, 6.07) is 2.60. The lowest BCUT2D eigenvalue weighted by molar-refractivity contribution is -0.136. The van der Waals surface area contributed by atoms with E-state index in [1.807, 2.05) is 6.92 Å². The van der Waals surface area contributed by atoms with Crippen molar-refractivity contribution in [3.8, 4) is 5.75 Å². The maximum atomic E-state index is 12.6. The van der Waals surface area contributed by atoms with E-state index in [4.69, 9.17) is 13.9 Å². The van der Waals surface area contributed by atoms with Crippen LogP contribution < -0.4 is 15.7 Å². The Hall–Kier alpha value is -2.83. The summed E-state index contributed by atoms with van der Waals surface area (Å²) in [5.41, 5.74) is 1.76. The van der Waals surface area contributed by atoms with E-state index in [9.17, 15) is 14.4 Å². The van der Waals surface area contributed by atoms with E-state index in [1.54, 1.807) is 32.9 Å². The van der Waals surface area contributed by atoms with Crippen LogP contribution in [0.15, 0.2) is 21.3 Å². The fourth-order valence-corrected chi connectivity index (χ4v) is 3.49. The predicted molar refractivity (Wildman–Crippen MR) is 108 cm³/mol. The van der Waals surface area contributed by atoms with E-state index < -0.39 is 23.7 Å². The molecule has 1 aliphatic carbocycles. The van der Waals surface area contributed by atoms with Gasteiger partial charge in [-0.3, -0.25) is 0 Å². The Kier molecular flexibility index (Phi) is 5.68. The first-order valence-corrected chi connectivity index (χ1v) is 9.85. The van der Waals surface area contributed by atoms with E-state index in [2.05, 4.69) is 5.32 Å². The van der Waals surface area contributed by atoms with Crippen molar-refractivity contribution in [1.29, 1.82) is 0 Å². The molecule has 1 atom stereocenters. The van der Waals surface area contributed by atoms with Gasteiger partial charge in [-0.1, -0.05) is 0 Å². The zero-order valence-electron chi connectivity index (χ0n) is 17.5. The number of nitrogens with one attached hydrogen (secondary N) is 1. The second kappa shape index (κ2) is 7.89. The number of ether oxygens (including phenoxy) is 2. The lowest BCUT2D eigenvalue weighted by Gasteiger charge is -2.22. The second-order valence-electron chi connectivity index (χ2n) is 8.48. The molecule has 1 aromatic heterocycles. The Morgan fingerprint density at radius 2 is 1.79 bits per heavy atom. The van der Waals surface area contributed by atoms with E-state index in [1.165, 1.54) is 6.92 Å². The highest BCUT2D eigenvalue weighted by atomic mass is 16.6. The van der Waals surface area contributed by atoms with Gasteiger partial charge in [-0.2, -0.15) is 0 Å². The highest BCUT2D eigenvalue weighted by Gasteiger charge is 2.25. The van der Waals surface area contributed by atoms with Crippen molar-refractivity contribution in [2.45, 2.75) is 71.9 Å². The van der Waals surface area contributed by atoms with Gasteiger partial charge in [0.1, 0.15) is 23.0 Å². The second-order valence-corrected chi connectivity index (χ2v) is 8.48. The van der Waals surface area contributed by atoms with Crippen LogP contribution in [0.5, 0.6) is 5.75 Å². The monoisotopic (exact) mass is 401 g/mol. The predicted octanol–water partition coefficient (Wildman–Crippen LogP) is 3.80. The SMILES string of the molecule is Cc1cc(OC(=O)C(C)NC(=O)OC(C)(C)C)c2c3c(c(=O)oc2c1)CCCC3. The molecule has 29 heavy (non-hydrogen) atoms. The third kappa shape index (κ3) is 4.78. The van der Waals surface area contributed by atoms with Crippen molar-refractivity contribution in [1.82, 2.24) is 5.32 Å². The van der Waals surface area contributed by atoms with Crippen LogP contribution in [0.3, 0.4) is 0 Å². The van der Waals surface area contributed by atoms with E-state index in [0.717, 1.165) is 30.4 Å². The third-order valence-electron chi connectivity index (χ3n) is 4.73. The number of hydrogen-bond donors (Lipinski definition) is 1. The molecule has 0 spiro atoms. The molecule has 1 aliphatic rings. The minimum atomic E-state index is -0.910. The van der Waals surface area contributed by atoms with Crippen molar-refractivity contribution in [2.24, 2.45) is 0 Å². The number of benzene rings is 1. The molecule has 1 unspecified atom stereocenters. The molecule has 1 aromatic carbocycles. The van der Waals surface area contributed by atoms with Crippen LogP contribution in [0.2, 0.25) is 0 Å². The van der Waals surface area contributed by atoms with Gasteiger partial charge in [-0.05, 0) is 83.6 Å². The first-order chi connectivity index (χ1) is 13.5. The zero-order valence-corrected chi connectivity index (χ0v) is 17.5. The Balaban J connectivity index is 1.90. The summed E-state index contributed by atoms with van der Waals surface area (Å²) in [4.78, 5) is 36.9. The van der Waals surface area contributed by atoms with E-state index in [-0.39, 0.29) is 5.63 Å². The fraction of sp³-hybridized carbons (Fsp3) is 0.500. The van der Waals surface area contributed by atoms with Gasteiger partial charge >= 0.3 is 17.7 Å². The van der Waals surface area contributed by atoms with Crippen molar-refractivity contribution in [3.63, 3.8) is 0 Å². The Morgan fingerprint density at radius 3 is 2.45 bits per heavy atom. The molecule has 0 saturated carbocycles. The van der Waals surface area contributed by atoms with Crippen LogP contribution in [0.4, 0.5) is 4.79 Å². The number of aryl methyl sites for hydroxylation is 2. The van der Waals surface area contributed by atoms with E-state index in [0.29, 0.717) is 28.7 Å². The molecular weight excluding hydrogens is 374 g/mol. The molecule has 0 aliphatic heterocycles. The molecule has 1 amide bonds. The maximum Gasteiger partial charge on any atom is 0.408 e. The first kappa shape index (κ1) is 20.9. The average molecular weight is 401 g/mol. The van der Waals surface area contributed by atoms with Crippen molar-refractivity contribution >= 4 is 23.0 Å². The van der Waals surface area contributed by atoms with Crippen LogP contribution in [-0.2, 0) is 22.4 Å². The number of rotatable bonds is 3. The van der Waals surface area contributed by atoms with Gasteiger partial charge in [0.05, 0.1) is 5.39 Å². The number of hydrogen-bond acceptors (Lipinski definition) is 6. The summed E-state index contributed by atoms with van der Waals surface area (Å²) in [6.07, 6.45) is 2.59. The minimum Gasteiger partial charge on any atom is -0.444 e. The summed E-state index contributed by atoms with van der Waals surface area (Å²) in [5, 5.41) is 3.14. The normalized spacial score (nSPS) is 14.8. The Bertz CT molecular complexity index is 1010. The summed E-state index contributed by atoms with van der Waals surface area (Å²) in [5.74, 6) is -0.289. The molecule has 1 heterocycles. The van der Waals surface area contributed by atoms with Crippen LogP contribution in [0.25, 0.3) is 11.0 Å². The van der Waals surface area contributed by atoms with Crippen LogP contribution in [-0.4, -0.2) is 23.7 Å². The topological polar surface area (TPSA) is 94.8 Å². The quantitative estimate of drug-likeness (QED) is 0.478. The highest BCUT2D eigenvalue weighted by Crippen LogP contribution is 2.34. The average Bonchev–Trinajstić information content (AvgIpc) is 2.59. The largest absolute Gasteiger partial charge is 0.444 e. The van der Waals surface area contributed by atoms with Crippen molar-refractivity contribution in [2.75, 3.05) is 0 Å². The summed E-state index contributed by atoms with van der Waals surface area (Å²) in [7, 11) is 0.